The molecule has 0 radical (unpaired) electrons. The van der Waals surface area contributed by atoms with Crippen LogP contribution in [0.25, 0.3) is 0 Å². The minimum atomic E-state index is -0.261. The first-order valence-corrected chi connectivity index (χ1v) is 8.01. The Morgan fingerprint density at radius 2 is 1.96 bits per heavy atom. The van der Waals surface area contributed by atoms with Crippen LogP contribution in [0.3, 0.4) is 0 Å². The van der Waals surface area contributed by atoms with E-state index < -0.39 is 0 Å². The average molecular weight is 333 g/mol. The van der Waals surface area contributed by atoms with Crippen LogP contribution >= 0.6 is 11.6 Å². The molecular formula is C17H21ClN4O. The summed E-state index contributed by atoms with van der Waals surface area (Å²) >= 11 is 5.84. The van der Waals surface area contributed by atoms with Gasteiger partial charge >= 0.3 is 0 Å². The van der Waals surface area contributed by atoms with Gasteiger partial charge < -0.3 is 10.2 Å². The number of carbonyl (C=O) groups is 1. The van der Waals surface area contributed by atoms with E-state index in [2.05, 4.69) is 22.2 Å². The van der Waals surface area contributed by atoms with Gasteiger partial charge in [0.15, 0.2) is 0 Å². The van der Waals surface area contributed by atoms with Crippen molar-refractivity contribution in [2.24, 2.45) is 0 Å². The summed E-state index contributed by atoms with van der Waals surface area (Å²) in [5.41, 5.74) is 1.03. The van der Waals surface area contributed by atoms with Crippen LogP contribution in [0.1, 0.15) is 36.1 Å². The van der Waals surface area contributed by atoms with E-state index in [1.807, 2.05) is 11.9 Å². The largest absolute Gasteiger partial charge is 0.360 e. The number of halogens is 1. The topological polar surface area (TPSA) is 58.1 Å². The van der Waals surface area contributed by atoms with E-state index in [0.29, 0.717) is 22.2 Å². The number of nitrogens with one attached hydrogen (secondary N) is 1. The number of nitrogens with zero attached hydrogens (tertiary/aromatic N) is 3. The lowest BCUT2D eigenvalue weighted by molar-refractivity contribution is 0.102. The lowest BCUT2D eigenvalue weighted by Crippen LogP contribution is -2.22. The van der Waals surface area contributed by atoms with E-state index in [9.17, 15) is 4.79 Å². The SMILES string of the molecule is CCCCN(C)c1cc(C(=O)Nc2ccc(Cl)cc2)nc(C)n1. The molecule has 1 aromatic heterocycles. The van der Waals surface area contributed by atoms with Crippen LogP contribution in [-0.2, 0) is 0 Å². The van der Waals surface area contributed by atoms with Crippen LogP contribution in [0.5, 0.6) is 0 Å². The van der Waals surface area contributed by atoms with Crippen molar-refractivity contribution in [3.05, 3.63) is 46.9 Å². The van der Waals surface area contributed by atoms with Crippen LogP contribution in [-0.4, -0.2) is 29.5 Å². The van der Waals surface area contributed by atoms with Gasteiger partial charge in [0.2, 0.25) is 0 Å². The third kappa shape index (κ3) is 4.93. The second-order valence-electron chi connectivity index (χ2n) is 5.39. The van der Waals surface area contributed by atoms with Gasteiger partial charge in [0, 0.05) is 30.4 Å². The van der Waals surface area contributed by atoms with Crippen LogP contribution in [0, 0.1) is 6.92 Å². The van der Waals surface area contributed by atoms with E-state index in [1.165, 1.54) is 0 Å². The van der Waals surface area contributed by atoms with Crippen molar-refractivity contribution >= 4 is 29.0 Å². The van der Waals surface area contributed by atoms with E-state index in [4.69, 9.17) is 11.6 Å². The first-order chi connectivity index (χ1) is 11.0. The van der Waals surface area contributed by atoms with E-state index in [0.717, 1.165) is 25.2 Å². The highest BCUT2D eigenvalue weighted by atomic mass is 35.5. The maximum absolute atomic E-state index is 12.4. The van der Waals surface area contributed by atoms with E-state index in [-0.39, 0.29) is 5.91 Å². The summed E-state index contributed by atoms with van der Waals surface area (Å²) in [4.78, 5) is 23.1. The number of hydrogen-bond donors (Lipinski definition) is 1. The standard InChI is InChI=1S/C17H21ClN4O/c1-4-5-10-22(3)16-11-15(19-12(2)20-16)17(23)21-14-8-6-13(18)7-9-14/h6-9,11H,4-5,10H2,1-3H3,(H,21,23). The monoisotopic (exact) mass is 332 g/mol. The van der Waals surface area contributed by atoms with Crippen LogP contribution in [0.2, 0.25) is 5.02 Å². The van der Waals surface area contributed by atoms with E-state index in [1.54, 1.807) is 37.3 Å². The fraction of sp³-hybridized carbons (Fsp3) is 0.353. The highest BCUT2D eigenvalue weighted by molar-refractivity contribution is 6.30. The van der Waals surface area contributed by atoms with Gasteiger partial charge in [0.05, 0.1) is 0 Å². The molecule has 122 valence electrons. The van der Waals surface area contributed by atoms with Crippen molar-refractivity contribution in [3.8, 4) is 0 Å². The van der Waals surface area contributed by atoms with Gasteiger partial charge in [0.25, 0.3) is 5.91 Å². The number of rotatable bonds is 6. The minimum absolute atomic E-state index is 0.261. The maximum atomic E-state index is 12.4. The molecule has 6 heteroatoms. The number of hydrogen-bond acceptors (Lipinski definition) is 4. The summed E-state index contributed by atoms with van der Waals surface area (Å²) in [7, 11) is 1.97. The maximum Gasteiger partial charge on any atom is 0.274 e. The Morgan fingerprint density at radius 1 is 1.26 bits per heavy atom. The van der Waals surface area contributed by atoms with Crippen molar-refractivity contribution in [2.45, 2.75) is 26.7 Å². The Bertz CT molecular complexity index is 673. The minimum Gasteiger partial charge on any atom is -0.360 e. The summed E-state index contributed by atoms with van der Waals surface area (Å²) in [6.07, 6.45) is 2.18. The van der Waals surface area contributed by atoms with Gasteiger partial charge in [-0.25, -0.2) is 9.97 Å². The second-order valence-corrected chi connectivity index (χ2v) is 5.83. The number of aromatic nitrogens is 2. The molecule has 0 saturated heterocycles. The number of carbonyl (C=O) groups excluding carboxylic acids is 1. The fourth-order valence-electron chi connectivity index (χ4n) is 2.10. The summed E-state index contributed by atoms with van der Waals surface area (Å²) in [6, 6.07) is 8.68. The molecule has 1 N–H and O–H groups in total. The van der Waals surface area contributed by atoms with Gasteiger partial charge in [-0.1, -0.05) is 24.9 Å². The molecule has 1 amide bonds. The van der Waals surface area contributed by atoms with Crippen LogP contribution in [0.4, 0.5) is 11.5 Å². The molecule has 0 aliphatic heterocycles. The number of unbranched alkanes of at least 4 members (excludes halogenated alkanes) is 1. The van der Waals surface area contributed by atoms with Crippen molar-refractivity contribution in [2.75, 3.05) is 23.8 Å². The Labute approximate surface area is 141 Å². The molecule has 0 aliphatic rings. The Morgan fingerprint density at radius 3 is 2.61 bits per heavy atom. The molecule has 0 atom stereocenters. The van der Waals surface area contributed by atoms with Gasteiger partial charge in [-0.2, -0.15) is 0 Å². The summed E-state index contributed by atoms with van der Waals surface area (Å²) in [6.45, 7) is 4.82. The Kier molecular flexibility index (Phi) is 5.93. The normalized spacial score (nSPS) is 10.4. The predicted molar refractivity (Wildman–Crippen MR) is 94.4 cm³/mol. The first-order valence-electron chi connectivity index (χ1n) is 7.63. The zero-order valence-corrected chi connectivity index (χ0v) is 14.4. The number of benzene rings is 1. The fourth-order valence-corrected chi connectivity index (χ4v) is 2.23. The third-order valence-electron chi connectivity index (χ3n) is 3.40. The lowest BCUT2D eigenvalue weighted by atomic mass is 10.3. The van der Waals surface area contributed by atoms with Crippen LogP contribution in [0.15, 0.2) is 30.3 Å². The van der Waals surface area contributed by atoms with Crippen molar-refractivity contribution in [1.29, 1.82) is 0 Å². The Hall–Kier alpha value is -2.14. The molecule has 0 aliphatic carbocycles. The summed E-state index contributed by atoms with van der Waals surface area (Å²) in [5, 5.41) is 3.44. The van der Waals surface area contributed by atoms with Gasteiger partial charge in [-0.15, -0.1) is 0 Å². The molecular weight excluding hydrogens is 312 g/mol. The zero-order chi connectivity index (χ0) is 16.8. The third-order valence-corrected chi connectivity index (χ3v) is 3.65. The molecule has 5 nitrogen and oxygen atoms in total. The molecule has 0 saturated carbocycles. The predicted octanol–water partition coefficient (Wildman–Crippen LogP) is 3.93. The number of amides is 1. The molecule has 23 heavy (non-hydrogen) atoms. The number of aryl methyl sites for hydroxylation is 1. The quantitative estimate of drug-likeness (QED) is 0.870. The summed E-state index contributed by atoms with van der Waals surface area (Å²) in [5.74, 6) is 1.07. The lowest BCUT2D eigenvalue weighted by Gasteiger charge is -2.18. The summed E-state index contributed by atoms with van der Waals surface area (Å²) < 4.78 is 0. The van der Waals surface area contributed by atoms with E-state index >= 15 is 0 Å². The van der Waals surface area contributed by atoms with Gasteiger partial charge in [-0.05, 0) is 37.6 Å². The molecule has 0 spiro atoms. The smallest absolute Gasteiger partial charge is 0.274 e. The highest BCUT2D eigenvalue weighted by Crippen LogP contribution is 2.16. The molecule has 2 rings (SSSR count). The van der Waals surface area contributed by atoms with Crippen molar-refractivity contribution < 1.29 is 4.79 Å². The highest BCUT2D eigenvalue weighted by Gasteiger charge is 2.13. The second kappa shape index (κ2) is 7.92. The molecule has 0 unspecified atom stereocenters. The van der Waals surface area contributed by atoms with Crippen molar-refractivity contribution in [1.82, 2.24) is 9.97 Å². The van der Waals surface area contributed by atoms with Gasteiger partial charge in [-0.3, -0.25) is 4.79 Å². The average Bonchev–Trinajstić information content (AvgIpc) is 2.54. The number of anilines is 2. The molecule has 0 bridgehead atoms. The molecule has 1 aromatic carbocycles. The molecule has 1 heterocycles. The molecule has 2 aromatic rings. The molecule has 0 fully saturated rings. The Balaban J connectivity index is 2.16. The zero-order valence-electron chi connectivity index (χ0n) is 13.6. The van der Waals surface area contributed by atoms with Gasteiger partial charge in [0.1, 0.15) is 17.3 Å². The first kappa shape index (κ1) is 17.2. The van der Waals surface area contributed by atoms with Crippen LogP contribution < -0.4 is 10.2 Å². The van der Waals surface area contributed by atoms with Crippen molar-refractivity contribution in [3.63, 3.8) is 0 Å².